The lowest BCUT2D eigenvalue weighted by molar-refractivity contribution is 0.0696. The van der Waals surface area contributed by atoms with Crippen LogP contribution in [0, 0.1) is 5.82 Å². The Morgan fingerprint density at radius 3 is 2.39 bits per heavy atom. The molecule has 2 heterocycles. The number of anilines is 3. The van der Waals surface area contributed by atoms with Crippen LogP contribution >= 0.6 is 0 Å². The number of alkyl halides is 2. The van der Waals surface area contributed by atoms with Crippen LogP contribution in [0.4, 0.5) is 30.5 Å². The average Bonchev–Trinajstić information content (AvgIpc) is 3.51. The molecule has 0 spiro atoms. The zero-order chi connectivity index (χ0) is 41.5. The summed E-state index contributed by atoms with van der Waals surface area (Å²) >= 11 is 0. The molecule has 0 radical (unpaired) electrons. The van der Waals surface area contributed by atoms with Gasteiger partial charge in [-0.25, -0.2) is 27.3 Å². The van der Waals surface area contributed by atoms with Gasteiger partial charge in [0, 0.05) is 20.2 Å². The summed E-state index contributed by atoms with van der Waals surface area (Å²) in [7, 11) is -6.62. The quantitative estimate of drug-likeness (QED) is 0.0472. The molecule has 0 saturated heterocycles. The zero-order valence-electron chi connectivity index (χ0n) is 31.3. The normalized spacial score (nSPS) is 12.3. The number of amides is 1. The van der Waals surface area contributed by atoms with Crippen LogP contribution < -0.4 is 25.2 Å². The van der Waals surface area contributed by atoms with Crippen molar-refractivity contribution < 1.29 is 50.5 Å². The molecule has 14 nitrogen and oxygen atoms in total. The van der Waals surface area contributed by atoms with Crippen LogP contribution in [0.5, 0.6) is 11.5 Å². The highest BCUT2D eigenvalue weighted by Crippen LogP contribution is 2.38. The van der Waals surface area contributed by atoms with Gasteiger partial charge in [-0.2, -0.15) is 13.9 Å². The van der Waals surface area contributed by atoms with Crippen molar-refractivity contribution in [3.05, 3.63) is 113 Å². The molecule has 0 aliphatic heterocycles. The number of hydrogen-bond acceptors (Lipinski definition) is 10. The highest BCUT2D eigenvalue weighted by molar-refractivity contribution is 7.93. The first-order chi connectivity index (χ1) is 26.9. The van der Waals surface area contributed by atoms with Crippen molar-refractivity contribution in [2.45, 2.75) is 57.8 Å². The van der Waals surface area contributed by atoms with E-state index in [1.54, 1.807) is 31.2 Å². The summed E-state index contributed by atoms with van der Waals surface area (Å²) in [5.74, 6) is -5.71. The molecule has 3 aromatic carbocycles. The summed E-state index contributed by atoms with van der Waals surface area (Å²) in [5, 5.41) is 17.0. The van der Waals surface area contributed by atoms with Crippen LogP contribution in [0.3, 0.4) is 0 Å². The minimum Gasteiger partial charge on any atom is -0.487 e. The number of sulfonamides is 1. The van der Waals surface area contributed by atoms with Gasteiger partial charge in [0.1, 0.15) is 59.7 Å². The van der Waals surface area contributed by atoms with E-state index in [1.165, 1.54) is 65.5 Å². The molecular weight excluding hydrogens is 786 g/mol. The Morgan fingerprint density at radius 2 is 1.75 bits per heavy atom. The van der Waals surface area contributed by atoms with Crippen LogP contribution in [-0.4, -0.2) is 60.6 Å². The Kier molecular flexibility index (Phi) is 13.3. The summed E-state index contributed by atoms with van der Waals surface area (Å²) in [6.45, 7) is 8.50. The summed E-state index contributed by atoms with van der Waals surface area (Å²) in [5.41, 5.74) is 6.96. The van der Waals surface area contributed by atoms with Gasteiger partial charge in [0.05, 0.1) is 17.4 Å². The van der Waals surface area contributed by atoms with Gasteiger partial charge in [0.15, 0.2) is 0 Å². The van der Waals surface area contributed by atoms with E-state index in [-0.39, 0.29) is 58.8 Å². The van der Waals surface area contributed by atoms with Crippen LogP contribution in [0.1, 0.15) is 44.9 Å². The van der Waals surface area contributed by atoms with Gasteiger partial charge in [-0.05, 0) is 72.6 Å². The van der Waals surface area contributed by atoms with Gasteiger partial charge >= 0.3 is 11.7 Å². The summed E-state index contributed by atoms with van der Waals surface area (Å²) in [6.07, 6.45) is 0.596. The molecule has 57 heavy (non-hydrogen) atoms. The van der Waals surface area contributed by atoms with E-state index >= 15 is 0 Å². The second kappa shape index (κ2) is 17.9. The summed E-state index contributed by atoms with van der Waals surface area (Å²) in [6, 6.07) is 19.5. The maximum absolute atomic E-state index is 13.6. The van der Waals surface area contributed by atoms with Crippen molar-refractivity contribution in [1.82, 2.24) is 14.8 Å². The van der Waals surface area contributed by atoms with Gasteiger partial charge in [-0.1, -0.05) is 50.0 Å². The van der Waals surface area contributed by atoms with E-state index in [2.05, 4.69) is 35.0 Å². The maximum Gasteiger partial charge on any atom is 0.355 e. The number of ether oxygens (including phenoxy) is 3. The fraction of sp³-hybridized carbons (Fsp3) is 0.263. The number of pyridine rings is 1. The van der Waals surface area contributed by atoms with E-state index in [4.69, 9.17) is 19.9 Å². The molecule has 302 valence electrons. The molecule has 0 saturated carbocycles. The lowest BCUT2D eigenvalue weighted by Gasteiger charge is -2.19. The number of carboxylic acid groups (broad SMARTS) is 1. The second-order valence-corrected chi connectivity index (χ2v) is 21.3. The highest BCUT2D eigenvalue weighted by atomic mass is 32.2. The first kappa shape index (κ1) is 42.2. The van der Waals surface area contributed by atoms with Gasteiger partial charge in [0.2, 0.25) is 0 Å². The third-order valence-corrected chi connectivity index (χ3v) is 11.0. The number of benzene rings is 3. The van der Waals surface area contributed by atoms with Gasteiger partial charge in [-0.15, -0.1) is 0 Å². The SMILES string of the molecule is CC(Oc1cc(-c2nn(COCC[Si](C)(C)C)c(Nc3ccc(OCc4cccc(C(=O)O)c4)cn3)c2C(N)=O)ccc1NS(=O)(=O)C(F)F)c1ccc(F)cc1. The molecule has 0 aliphatic carbocycles. The van der Waals surface area contributed by atoms with E-state index in [9.17, 15) is 36.3 Å². The van der Waals surface area contributed by atoms with Gasteiger partial charge < -0.3 is 30.4 Å². The Hall–Kier alpha value is -5.92. The number of rotatable bonds is 19. The van der Waals surface area contributed by atoms with E-state index in [0.29, 0.717) is 23.5 Å². The zero-order valence-corrected chi connectivity index (χ0v) is 33.1. The number of nitrogens with one attached hydrogen (secondary N) is 2. The number of aromatic nitrogens is 3. The van der Waals surface area contributed by atoms with Crippen molar-refractivity contribution in [2.75, 3.05) is 16.6 Å². The third kappa shape index (κ3) is 11.3. The molecule has 5 rings (SSSR count). The van der Waals surface area contributed by atoms with Crippen molar-refractivity contribution in [3.63, 3.8) is 0 Å². The van der Waals surface area contributed by atoms with Crippen LogP contribution in [0.25, 0.3) is 11.3 Å². The lowest BCUT2D eigenvalue weighted by atomic mass is 10.1. The van der Waals surface area contributed by atoms with E-state index in [0.717, 1.165) is 6.04 Å². The largest absolute Gasteiger partial charge is 0.487 e. The fourth-order valence-corrected chi connectivity index (χ4v) is 6.63. The van der Waals surface area contributed by atoms with Gasteiger partial charge in [0.25, 0.3) is 15.9 Å². The standard InChI is InChI=1S/C38H41F3N6O8SSi/c1-23(25-8-11-28(39)12-9-25)55-31-19-26(10-14-30(31)46-56(51,52)38(40)41)34-33(35(42)48)36(47(45-34)22-53-16-17-57(2,3)4)44-32-15-13-29(20-43-32)54-21-24-6-5-7-27(18-24)37(49)50/h5-15,18-20,23,38,46H,16-17,21-22H2,1-4H3,(H2,42,48)(H,43,44)(H,49,50). The van der Waals surface area contributed by atoms with Gasteiger partial charge in [-0.3, -0.25) is 9.52 Å². The molecule has 0 fully saturated rings. The third-order valence-electron chi connectivity index (χ3n) is 8.36. The number of primary amides is 1. The van der Waals surface area contributed by atoms with Crippen LogP contribution in [-0.2, 0) is 28.1 Å². The van der Waals surface area contributed by atoms with E-state index < -0.39 is 47.7 Å². The minimum absolute atomic E-state index is 0.0184. The monoisotopic (exact) mass is 826 g/mol. The molecule has 5 aromatic rings. The van der Waals surface area contributed by atoms with Crippen molar-refractivity contribution in [1.29, 1.82) is 0 Å². The predicted molar refractivity (Wildman–Crippen MR) is 210 cm³/mol. The Morgan fingerprint density at radius 1 is 1.02 bits per heavy atom. The smallest absolute Gasteiger partial charge is 0.355 e. The summed E-state index contributed by atoms with van der Waals surface area (Å²) < 4.78 is 86.0. The minimum atomic E-state index is -5.13. The molecule has 1 amide bonds. The first-order valence-electron chi connectivity index (χ1n) is 17.4. The Balaban J connectivity index is 1.51. The van der Waals surface area contributed by atoms with Crippen molar-refractivity contribution in [3.8, 4) is 22.8 Å². The molecule has 1 unspecified atom stereocenters. The Labute approximate surface area is 327 Å². The predicted octanol–water partition coefficient (Wildman–Crippen LogP) is 7.62. The maximum atomic E-state index is 13.6. The number of hydrogen-bond donors (Lipinski definition) is 4. The number of nitrogens with zero attached hydrogens (tertiary/aromatic N) is 3. The Bertz CT molecular complexity index is 2320. The number of carbonyl (C=O) groups excluding carboxylic acids is 1. The molecule has 19 heteroatoms. The van der Waals surface area contributed by atoms with E-state index in [1.807, 2.05) is 4.72 Å². The number of nitrogens with two attached hydrogens (primary N) is 1. The van der Waals surface area contributed by atoms with Crippen LogP contribution in [0.15, 0.2) is 85.1 Å². The molecule has 0 bridgehead atoms. The number of aromatic carboxylic acids is 1. The van der Waals surface area contributed by atoms with Crippen LogP contribution in [0.2, 0.25) is 25.7 Å². The molecule has 1 atom stereocenters. The molecule has 0 aliphatic rings. The summed E-state index contributed by atoms with van der Waals surface area (Å²) in [4.78, 5) is 28.9. The number of halogens is 3. The fourth-order valence-electron chi connectivity index (χ4n) is 5.31. The number of carboxylic acids is 1. The highest BCUT2D eigenvalue weighted by Gasteiger charge is 2.28. The van der Waals surface area contributed by atoms with Crippen molar-refractivity contribution >= 4 is 47.3 Å². The van der Waals surface area contributed by atoms with Crippen molar-refractivity contribution in [2.24, 2.45) is 5.73 Å². The first-order valence-corrected chi connectivity index (χ1v) is 22.7. The second-order valence-electron chi connectivity index (χ2n) is 14.0. The number of carbonyl (C=O) groups is 2. The molecule has 5 N–H and O–H groups in total. The topological polar surface area (TPSA) is 197 Å². The average molecular weight is 827 g/mol. The molecular formula is C38H41F3N6O8SSi. The lowest BCUT2D eigenvalue weighted by Crippen LogP contribution is -2.22. The molecule has 2 aromatic heterocycles.